The first-order valence-corrected chi connectivity index (χ1v) is 6.15. The smallest absolute Gasteiger partial charge is 0.315 e. The van der Waals surface area contributed by atoms with Crippen LogP contribution in [0, 0.1) is 11.8 Å². The van der Waals surface area contributed by atoms with Gasteiger partial charge in [-0.05, 0) is 52.1 Å². The molecule has 0 bridgehead atoms. The van der Waals surface area contributed by atoms with E-state index in [1.165, 1.54) is 0 Å². The third-order valence-corrected chi connectivity index (χ3v) is 2.98. The van der Waals surface area contributed by atoms with Gasteiger partial charge in [-0.25, -0.2) is 4.79 Å². The van der Waals surface area contributed by atoms with Crippen LogP contribution >= 0.6 is 0 Å². The minimum absolute atomic E-state index is 0.0572. The molecule has 1 fully saturated rings. The summed E-state index contributed by atoms with van der Waals surface area (Å²) in [7, 11) is 0. The van der Waals surface area contributed by atoms with Crippen LogP contribution in [0.1, 0.15) is 34.1 Å². The van der Waals surface area contributed by atoms with Gasteiger partial charge in [0.05, 0.1) is 0 Å². The van der Waals surface area contributed by atoms with Crippen LogP contribution in [0.25, 0.3) is 0 Å². The number of urea groups is 1. The predicted octanol–water partition coefficient (Wildman–Crippen LogP) is 1.33. The number of rotatable bonds is 2. The topological polar surface area (TPSA) is 53.2 Å². The SMILES string of the molecule is CC1CNCCC1CNC(=O)NC(C)(C)C. The van der Waals surface area contributed by atoms with Gasteiger partial charge >= 0.3 is 6.03 Å². The number of hydrogen-bond donors (Lipinski definition) is 3. The zero-order valence-electron chi connectivity index (χ0n) is 10.9. The van der Waals surface area contributed by atoms with E-state index in [-0.39, 0.29) is 11.6 Å². The second-order valence-corrected chi connectivity index (χ2v) is 5.82. The van der Waals surface area contributed by atoms with Gasteiger partial charge in [0, 0.05) is 12.1 Å². The quantitative estimate of drug-likeness (QED) is 0.666. The van der Waals surface area contributed by atoms with Crippen molar-refractivity contribution >= 4 is 6.03 Å². The van der Waals surface area contributed by atoms with Gasteiger partial charge in [0.15, 0.2) is 0 Å². The van der Waals surface area contributed by atoms with Gasteiger partial charge < -0.3 is 16.0 Å². The van der Waals surface area contributed by atoms with Crippen LogP contribution in [-0.4, -0.2) is 31.2 Å². The molecule has 1 saturated heterocycles. The summed E-state index contributed by atoms with van der Waals surface area (Å²) in [5, 5.41) is 9.23. The van der Waals surface area contributed by atoms with Gasteiger partial charge in [-0.3, -0.25) is 0 Å². The van der Waals surface area contributed by atoms with E-state index in [9.17, 15) is 4.79 Å². The van der Waals surface area contributed by atoms with Crippen molar-refractivity contribution in [3.05, 3.63) is 0 Å². The first kappa shape index (κ1) is 13.3. The highest BCUT2D eigenvalue weighted by Gasteiger charge is 2.22. The van der Waals surface area contributed by atoms with Crippen molar-refractivity contribution in [2.75, 3.05) is 19.6 Å². The summed E-state index contributed by atoms with van der Waals surface area (Å²) in [6.07, 6.45) is 1.15. The average Bonchev–Trinajstić information content (AvgIpc) is 2.14. The Labute approximate surface area is 98.6 Å². The first-order valence-electron chi connectivity index (χ1n) is 6.15. The maximum atomic E-state index is 11.6. The second kappa shape index (κ2) is 5.53. The Morgan fingerprint density at radius 1 is 1.44 bits per heavy atom. The van der Waals surface area contributed by atoms with Crippen molar-refractivity contribution in [3.8, 4) is 0 Å². The lowest BCUT2D eigenvalue weighted by atomic mass is 9.88. The molecule has 4 heteroatoms. The normalized spacial score (nSPS) is 26.2. The van der Waals surface area contributed by atoms with Gasteiger partial charge in [0.2, 0.25) is 0 Å². The van der Waals surface area contributed by atoms with E-state index < -0.39 is 0 Å². The molecule has 0 spiro atoms. The van der Waals surface area contributed by atoms with Crippen LogP contribution in [0.2, 0.25) is 0 Å². The number of carbonyl (C=O) groups excluding carboxylic acids is 1. The number of piperidine rings is 1. The lowest BCUT2D eigenvalue weighted by molar-refractivity contribution is 0.220. The molecule has 0 aromatic rings. The van der Waals surface area contributed by atoms with E-state index in [1.54, 1.807) is 0 Å². The molecule has 1 aliphatic heterocycles. The van der Waals surface area contributed by atoms with Crippen LogP contribution in [-0.2, 0) is 0 Å². The standard InChI is InChI=1S/C12H25N3O/c1-9-7-13-6-5-10(9)8-14-11(16)15-12(2,3)4/h9-10,13H,5-8H2,1-4H3,(H2,14,15,16). The lowest BCUT2D eigenvalue weighted by Crippen LogP contribution is -2.49. The molecule has 0 radical (unpaired) electrons. The Kier molecular flexibility index (Phi) is 4.59. The van der Waals surface area contributed by atoms with Gasteiger partial charge in [-0.15, -0.1) is 0 Å². The molecule has 1 rings (SSSR count). The van der Waals surface area contributed by atoms with Crippen LogP contribution in [0.4, 0.5) is 4.79 Å². The van der Waals surface area contributed by atoms with Crippen molar-refractivity contribution in [2.24, 2.45) is 11.8 Å². The van der Waals surface area contributed by atoms with Gasteiger partial charge in [0.1, 0.15) is 0 Å². The molecule has 0 aliphatic carbocycles. The summed E-state index contributed by atoms with van der Waals surface area (Å²) in [5.74, 6) is 1.25. The Bertz CT molecular complexity index is 235. The van der Waals surface area contributed by atoms with E-state index in [0.717, 1.165) is 26.1 Å². The van der Waals surface area contributed by atoms with Crippen molar-refractivity contribution in [2.45, 2.75) is 39.7 Å². The molecule has 4 nitrogen and oxygen atoms in total. The number of carbonyl (C=O) groups is 1. The van der Waals surface area contributed by atoms with Crippen molar-refractivity contribution in [1.82, 2.24) is 16.0 Å². The highest BCUT2D eigenvalue weighted by Crippen LogP contribution is 2.17. The summed E-state index contributed by atoms with van der Waals surface area (Å²) in [6.45, 7) is 11.1. The predicted molar refractivity (Wildman–Crippen MR) is 66.4 cm³/mol. The monoisotopic (exact) mass is 227 g/mol. The van der Waals surface area contributed by atoms with Crippen LogP contribution in [0.3, 0.4) is 0 Å². The summed E-state index contributed by atoms with van der Waals surface area (Å²) < 4.78 is 0. The number of hydrogen-bond acceptors (Lipinski definition) is 2. The second-order valence-electron chi connectivity index (χ2n) is 5.82. The minimum Gasteiger partial charge on any atom is -0.338 e. The molecule has 3 N–H and O–H groups in total. The molecular formula is C12H25N3O. The van der Waals surface area contributed by atoms with Crippen LogP contribution < -0.4 is 16.0 Å². The summed E-state index contributed by atoms with van der Waals surface area (Å²) in [4.78, 5) is 11.6. The maximum absolute atomic E-state index is 11.6. The van der Waals surface area contributed by atoms with E-state index in [2.05, 4.69) is 22.9 Å². The summed E-state index contributed by atoms with van der Waals surface area (Å²) >= 11 is 0. The molecule has 0 saturated carbocycles. The Morgan fingerprint density at radius 2 is 2.12 bits per heavy atom. The fourth-order valence-corrected chi connectivity index (χ4v) is 1.98. The maximum Gasteiger partial charge on any atom is 0.315 e. The Hall–Kier alpha value is -0.770. The fourth-order valence-electron chi connectivity index (χ4n) is 1.98. The fraction of sp³-hybridized carbons (Fsp3) is 0.917. The molecule has 0 aromatic carbocycles. The van der Waals surface area contributed by atoms with E-state index in [1.807, 2.05) is 20.8 Å². The van der Waals surface area contributed by atoms with Crippen molar-refractivity contribution in [3.63, 3.8) is 0 Å². The molecule has 0 aromatic heterocycles. The van der Waals surface area contributed by atoms with E-state index in [0.29, 0.717) is 11.8 Å². The number of nitrogens with one attached hydrogen (secondary N) is 3. The molecule has 94 valence electrons. The minimum atomic E-state index is -0.163. The number of amides is 2. The molecule has 1 heterocycles. The van der Waals surface area contributed by atoms with Gasteiger partial charge in [-0.2, -0.15) is 0 Å². The van der Waals surface area contributed by atoms with E-state index in [4.69, 9.17) is 0 Å². The lowest BCUT2D eigenvalue weighted by Gasteiger charge is -2.30. The third-order valence-electron chi connectivity index (χ3n) is 2.98. The molecule has 1 aliphatic rings. The third kappa shape index (κ3) is 4.84. The van der Waals surface area contributed by atoms with Crippen molar-refractivity contribution in [1.29, 1.82) is 0 Å². The highest BCUT2D eigenvalue weighted by molar-refractivity contribution is 5.74. The first-order chi connectivity index (χ1) is 7.38. The molecule has 2 atom stereocenters. The Balaban J connectivity index is 2.25. The zero-order chi connectivity index (χ0) is 12.2. The van der Waals surface area contributed by atoms with Gasteiger partial charge in [-0.1, -0.05) is 6.92 Å². The molecule has 2 amide bonds. The average molecular weight is 227 g/mol. The highest BCUT2D eigenvalue weighted by atomic mass is 16.2. The Morgan fingerprint density at radius 3 is 2.69 bits per heavy atom. The van der Waals surface area contributed by atoms with Crippen molar-refractivity contribution < 1.29 is 4.79 Å². The van der Waals surface area contributed by atoms with Crippen LogP contribution in [0.5, 0.6) is 0 Å². The zero-order valence-corrected chi connectivity index (χ0v) is 10.9. The summed E-state index contributed by atoms with van der Waals surface area (Å²) in [6, 6.07) is -0.0572. The molecule has 16 heavy (non-hydrogen) atoms. The largest absolute Gasteiger partial charge is 0.338 e. The molecule has 2 unspecified atom stereocenters. The van der Waals surface area contributed by atoms with E-state index >= 15 is 0 Å². The van der Waals surface area contributed by atoms with Crippen LogP contribution in [0.15, 0.2) is 0 Å². The van der Waals surface area contributed by atoms with Gasteiger partial charge in [0.25, 0.3) is 0 Å². The summed E-state index contributed by atoms with van der Waals surface area (Å²) in [5.41, 5.74) is -0.163. The molecular weight excluding hydrogens is 202 g/mol.